The average Bonchev–Trinajstić information content (AvgIpc) is 1.84. The maximum Gasteiger partial charge on any atom is 0.357 e. The van der Waals surface area contributed by atoms with Gasteiger partial charge in [0.05, 0.1) is 0 Å². The zero-order valence-corrected chi connectivity index (χ0v) is 7.28. The van der Waals surface area contributed by atoms with Crippen LogP contribution in [-0.4, -0.2) is 10.9 Å². The minimum Gasteiger partial charge on any atom is -0.422 e. The topological polar surface area (TPSA) is 142 Å². The van der Waals surface area contributed by atoms with Crippen molar-refractivity contribution in [3.05, 3.63) is 12.3 Å². The van der Waals surface area contributed by atoms with Crippen molar-refractivity contribution in [2.75, 3.05) is 0 Å². The Balaban J connectivity index is 3.58. The first-order valence-corrected chi connectivity index (χ1v) is 3.66. The summed E-state index contributed by atoms with van der Waals surface area (Å²) in [5.41, 5.74) is 4.79. The van der Waals surface area contributed by atoms with E-state index in [0.29, 0.717) is 0 Å². The fourth-order valence-electron chi connectivity index (χ4n) is 0.214. The minimum absolute atomic E-state index is 0.200. The number of carbonyl (C=O) groups is 1. The minimum atomic E-state index is -0.983. The van der Waals surface area contributed by atoms with Crippen LogP contribution in [0.15, 0.2) is 12.3 Å². The number of quaternary nitrogens is 1. The van der Waals surface area contributed by atoms with E-state index in [1.165, 1.54) is 0 Å². The zero-order valence-electron chi connectivity index (χ0n) is 6.28. The molecule has 0 rings (SSSR count). The summed E-state index contributed by atoms with van der Waals surface area (Å²) in [5, 5.41) is 2.27. The molecule has 9 N–H and O–H groups in total. The molecule has 8 nitrogen and oxygen atoms in total. The van der Waals surface area contributed by atoms with Gasteiger partial charge in [0.15, 0.2) is 0 Å². The van der Waals surface area contributed by atoms with E-state index in [-0.39, 0.29) is 5.70 Å². The summed E-state index contributed by atoms with van der Waals surface area (Å²) in [5.74, 6) is 14.4. The molecule has 0 aliphatic rings. The molecule has 0 saturated heterocycles. The lowest BCUT2D eigenvalue weighted by Crippen LogP contribution is -2.71. The van der Waals surface area contributed by atoms with Crippen LogP contribution < -0.4 is 28.5 Å². The number of hydrogen-bond acceptors (Lipinski definition) is 7. The van der Waals surface area contributed by atoms with Gasteiger partial charge in [-0.05, 0) is 4.92 Å². The summed E-state index contributed by atoms with van der Waals surface area (Å²) in [6, 6.07) is 0. The summed E-state index contributed by atoms with van der Waals surface area (Å²) in [6.07, 6.45) is 0. The van der Waals surface area contributed by atoms with Crippen LogP contribution in [-0.2, 0) is 9.32 Å². The second kappa shape index (κ2) is 4.31. The van der Waals surface area contributed by atoms with Crippen LogP contribution in [0.5, 0.6) is 0 Å². The third kappa shape index (κ3) is 5.98. The quantitative estimate of drug-likeness (QED) is 0.109. The summed E-state index contributed by atoms with van der Waals surface area (Å²) < 4.78 is 4.48. The van der Waals surface area contributed by atoms with Crippen molar-refractivity contribution in [3.8, 4) is 0 Å². The molecule has 12 heavy (non-hydrogen) atoms. The highest BCUT2D eigenvalue weighted by molar-refractivity contribution is 7.30. The molecule has 0 bridgehead atoms. The Bertz CT molecular complexity index is 188. The third-order valence-corrected chi connectivity index (χ3v) is 1.41. The molecule has 0 aliphatic heterocycles. The summed E-state index contributed by atoms with van der Waals surface area (Å²) in [4.78, 5) is 9.64. The van der Waals surface area contributed by atoms with Crippen molar-refractivity contribution in [1.29, 1.82) is 0 Å². The van der Waals surface area contributed by atoms with Crippen molar-refractivity contribution in [1.82, 2.24) is 5.20 Å². The van der Waals surface area contributed by atoms with Crippen LogP contribution in [0.3, 0.4) is 0 Å². The van der Waals surface area contributed by atoms with Crippen molar-refractivity contribution in [2.24, 2.45) is 23.3 Å². The van der Waals surface area contributed by atoms with Gasteiger partial charge in [0.25, 0.3) is 0 Å². The Morgan fingerprint density at radius 3 is 2.33 bits per heavy atom. The first kappa shape index (κ1) is 11.2. The first-order chi connectivity index (χ1) is 5.33. The van der Waals surface area contributed by atoms with Gasteiger partial charge in [-0.15, -0.1) is 17.5 Å². The second-order valence-corrected chi connectivity index (χ2v) is 2.59. The standard InChI is InChI=1S/C3H12N6O2P/c1-2(4)3(10)11-12-8-9(5,6)7/h8,12H,1,4-7H2/q+1. The van der Waals surface area contributed by atoms with Crippen molar-refractivity contribution in [3.63, 3.8) is 0 Å². The largest absolute Gasteiger partial charge is 0.422 e. The third-order valence-electron chi connectivity index (χ3n) is 0.645. The molecule has 1 atom stereocenters. The van der Waals surface area contributed by atoms with Crippen molar-refractivity contribution in [2.45, 2.75) is 0 Å². The van der Waals surface area contributed by atoms with Gasteiger partial charge < -0.3 is 10.3 Å². The SMILES string of the molecule is C=C(N)C(=O)OPN[N+](N)(N)N. The fourth-order valence-corrected chi connectivity index (χ4v) is 0.641. The van der Waals surface area contributed by atoms with E-state index in [9.17, 15) is 4.79 Å². The van der Waals surface area contributed by atoms with E-state index < -0.39 is 19.8 Å². The first-order valence-electron chi connectivity index (χ1n) is 2.75. The molecular formula is C3H12N6O2P+. The van der Waals surface area contributed by atoms with Gasteiger partial charge in [-0.3, -0.25) is 0 Å². The fraction of sp³-hybridized carbons (Fsp3) is 0. The van der Waals surface area contributed by atoms with Gasteiger partial charge in [-0.1, -0.05) is 11.8 Å². The molecule has 0 aromatic carbocycles. The lowest BCUT2D eigenvalue weighted by molar-refractivity contribution is -0.991. The van der Waals surface area contributed by atoms with Gasteiger partial charge >= 0.3 is 5.97 Å². The molecular weight excluding hydrogens is 183 g/mol. The predicted molar refractivity (Wildman–Crippen MR) is 43.7 cm³/mol. The molecule has 0 aromatic rings. The highest BCUT2D eigenvalue weighted by Gasteiger charge is 2.11. The predicted octanol–water partition coefficient (Wildman–Crippen LogP) is -2.55. The maximum atomic E-state index is 10.6. The molecule has 0 radical (unpaired) electrons. The Morgan fingerprint density at radius 1 is 1.50 bits per heavy atom. The van der Waals surface area contributed by atoms with Gasteiger partial charge in [0, 0.05) is 0 Å². The average molecular weight is 195 g/mol. The smallest absolute Gasteiger partial charge is 0.357 e. The molecule has 0 saturated carbocycles. The van der Waals surface area contributed by atoms with Crippen LogP contribution in [0, 0.1) is 0 Å². The van der Waals surface area contributed by atoms with Crippen LogP contribution in [0.4, 0.5) is 0 Å². The van der Waals surface area contributed by atoms with E-state index >= 15 is 0 Å². The second-order valence-electron chi connectivity index (χ2n) is 1.96. The number of carbonyl (C=O) groups excluding carboxylic acids is 1. The van der Waals surface area contributed by atoms with E-state index in [4.69, 9.17) is 23.3 Å². The number of hydrogen-bond donors (Lipinski definition) is 5. The van der Waals surface area contributed by atoms with Gasteiger partial charge in [0.1, 0.15) is 5.70 Å². The van der Waals surface area contributed by atoms with Crippen LogP contribution in [0.25, 0.3) is 0 Å². The molecule has 0 heterocycles. The Labute approximate surface area is 70.9 Å². The van der Waals surface area contributed by atoms with Gasteiger partial charge in [-0.2, -0.15) is 0 Å². The molecule has 0 amide bonds. The number of rotatable bonds is 4. The Kier molecular flexibility index (Phi) is 4.04. The number of nitrogens with two attached hydrogens (primary N) is 4. The van der Waals surface area contributed by atoms with Crippen LogP contribution >= 0.6 is 8.96 Å². The number of nitrogens with one attached hydrogen (secondary N) is 1. The van der Waals surface area contributed by atoms with Gasteiger partial charge in [0.2, 0.25) is 8.96 Å². The monoisotopic (exact) mass is 195 g/mol. The summed E-state index contributed by atoms with van der Waals surface area (Å²) in [6.45, 7) is 3.15. The maximum absolute atomic E-state index is 10.6. The lowest BCUT2D eigenvalue weighted by atomic mass is 10.5. The van der Waals surface area contributed by atoms with Gasteiger partial charge in [-0.25, -0.2) is 4.79 Å². The summed E-state index contributed by atoms with van der Waals surface area (Å²) in [7, 11) is -0.486. The molecule has 1 unspecified atom stereocenters. The lowest BCUT2D eigenvalue weighted by Gasteiger charge is -2.17. The molecule has 0 fully saturated rings. The van der Waals surface area contributed by atoms with Crippen molar-refractivity contribution < 1.29 is 14.2 Å². The molecule has 0 aliphatic carbocycles. The summed E-state index contributed by atoms with van der Waals surface area (Å²) >= 11 is 0. The van der Waals surface area contributed by atoms with Crippen molar-refractivity contribution >= 4 is 14.9 Å². The van der Waals surface area contributed by atoms with Crippen LogP contribution in [0.2, 0.25) is 0 Å². The highest BCUT2D eigenvalue weighted by atomic mass is 31.1. The van der Waals surface area contributed by atoms with Crippen LogP contribution in [0.1, 0.15) is 0 Å². The van der Waals surface area contributed by atoms with E-state index in [0.717, 1.165) is 0 Å². The Hall–Kier alpha value is -0.760. The Morgan fingerprint density at radius 2 is 2.00 bits per heavy atom. The normalized spacial score (nSPS) is 11.9. The van der Waals surface area contributed by atoms with E-state index in [1.807, 2.05) is 0 Å². The van der Waals surface area contributed by atoms with E-state index in [1.54, 1.807) is 0 Å². The zero-order chi connectivity index (χ0) is 9.78. The molecule has 0 spiro atoms. The number of nitrogens with zero attached hydrogens (tertiary/aromatic N) is 1. The highest BCUT2D eigenvalue weighted by Crippen LogP contribution is 2.07. The molecule has 0 aromatic heterocycles. The molecule has 9 heteroatoms. The molecule has 70 valence electrons. The van der Waals surface area contributed by atoms with E-state index in [2.05, 4.69) is 16.3 Å².